The van der Waals surface area contributed by atoms with Gasteiger partial charge in [0.25, 0.3) is 0 Å². The lowest BCUT2D eigenvalue weighted by Gasteiger charge is -2.27. The van der Waals surface area contributed by atoms with Gasteiger partial charge in [0, 0.05) is 24.0 Å². The number of ether oxygens (including phenoxy) is 1. The molecular weight excluding hydrogens is 454 g/mol. The Morgan fingerprint density at radius 1 is 1.29 bits per heavy atom. The van der Waals surface area contributed by atoms with Crippen LogP contribution in [0.15, 0.2) is 12.1 Å². The summed E-state index contributed by atoms with van der Waals surface area (Å²) in [6, 6.07) is 3.75. The van der Waals surface area contributed by atoms with E-state index in [2.05, 4.69) is 45.8 Å². The molecule has 2 atom stereocenters. The zero-order chi connectivity index (χ0) is 24.5. The predicted molar refractivity (Wildman–Crippen MR) is 129 cm³/mol. The van der Waals surface area contributed by atoms with Crippen LogP contribution in [0.2, 0.25) is 0 Å². The fourth-order valence-corrected chi connectivity index (χ4v) is 4.75. The molecule has 3 aromatic heterocycles. The molecule has 0 radical (unpaired) electrons. The molecule has 1 aliphatic carbocycles. The first kappa shape index (κ1) is 24.1. The summed E-state index contributed by atoms with van der Waals surface area (Å²) < 4.78 is 12.3. The van der Waals surface area contributed by atoms with Gasteiger partial charge in [0.1, 0.15) is 17.3 Å². The Balaban J connectivity index is 1.47. The molecule has 1 unspecified atom stereocenters. The zero-order valence-electron chi connectivity index (χ0n) is 20.2. The Hall–Kier alpha value is -3.08. The van der Waals surface area contributed by atoms with Gasteiger partial charge in [0.05, 0.1) is 35.6 Å². The van der Waals surface area contributed by atoms with Crippen molar-refractivity contribution in [2.24, 2.45) is 13.0 Å². The quantitative estimate of drug-likeness (QED) is 0.511. The molecular formula is C23H31N7O3S. The number of hydrogen-bond donors (Lipinski definition) is 2. The number of aromatic nitrogens is 6. The normalized spacial score (nSPS) is 18.6. The van der Waals surface area contributed by atoms with Gasteiger partial charge in [-0.15, -0.1) is 5.10 Å². The molecule has 10 nitrogen and oxygen atoms in total. The van der Waals surface area contributed by atoms with Crippen molar-refractivity contribution >= 4 is 22.6 Å². The summed E-state index contributed by atoms with van der Waals surface area (Å²) in [5.41, 5.74) is 2.90. The summed E-state index contributed by atoms with van der Waals surface area (Å²) >= 11 is 1.34. The van der Waals surface area contributed by atoms with Crippen molar-refractivity contribution in [1.29, 1.82) is 0 Å². The number of carboxylic acids is 1. The van der Waals surface area contributed by atoms with Gasteiger partial charge in [-0.25, -0.2) is 14.6 Å². The smallest absolute Gasteiger partial charge is 0.306 e. The van der Waals surface area contributed by atoms with Gasteiger partial charge >= 0.3 is 5.97 Å². The molecule has 0 bridgehead atoms. The molecule has 0 aromatic carbocycles. The van der Waals surface area contributed by atoms with E-state index in [1.165, 1.54) is 11.5 Å². The maximum absolute atomic E-state index is 11.3. The second kappa shape index (κ2) is 9.65. The lowest BCUT2D eigenvalue weighted by atomic mass is 9.87. The minimum absolute atomic E-state index is 0.104. The van der Waals surface area contributed by atoms with Gasteiger partial charge in [-0.3, -0.25) is 4.79 Å². The highest BCUT2D eigenvalue weighted by Gasteiger charge is 2.28. The summed E-state index contributed by atoms with van der Waals surface area (Å²) in [4.78, 5) is 20.7. The number of carboxylic acid groups (broad SMARTS) is 1. The number of anilines is 1. The number of rotatable bonds is 7. The highest BCUT2D eigenvalue weighted by molar-refractivity contribution is 7.09. The summed E-state index contributed by atoms with van der Waals surface area (Å²) in [5, 5.41) is 21.9. The molecule has 4 rings (SSSR count). The molecule has 182 valence electrons. The highest BCUT2D eigenvalue weighted by atomic mass is 32.1. The Labute approximate surface area is 203 Å². The first-order valence-electron chi connectivity index (χ1n) is 11.5. The Morgan fingerprint density at radius 2 is 2.09 bits per heavy atom. The first-order valence-corrected chi connectivity index (χ1v) is 12.2. The molecule has 2 N–H and O–H groups in total. The SMILES string of the molecule is Cc1nc(-c2nnn(C)c2CNc2nc(C(C)(C)C)ns2)ccc1OC1CCC[C@H](C(=O)O)C1. The number of pyridine rings is 1. The van der Waals surface area contributed by atoms with E-state index in [9.17, 15) is 9.90 Å². The monoisotopic (exact) mass is 485 g/mol. The van der Waals surface area contributed by atoms with Crippen LogP contribution in [0.4, 0.5) is 5.13 Å². The van der Waals surface area contributed by atoms with Gasteiger partial charge in [-0.2, -0.15) is 4.37 Å². The van der Waals surface area contributed by atoms with Crippen molar-refractivity contribution in [3.05, 3.63) is 29.3 Å². The lowest BCUT2D eigenvalue weighted by molar-refractivity contribution is -0.143. The second-order valence-corrected chi connectivity index (χ2v) is 10.5. The lowest BCUT2D eigenvalue weighted by Crippen LogP contribution is -2.29. The number of nitrogens with one attached hydrogen (secondary N) is 1. The van der Waals surface area contributed by atoms with Crippen molar-refractivity contribution in [2.45, 2.75) is 71.4 Å². The van der Waals surface area contributed by atoms with Crippen LogP contribution in [0.25, 0.3) is 11.4 Å². The Bertz CT molecular complexity index is 1170. The minimum Gasteiger partial charge on any atom is -0.489 e. The van der Waals surface area contributed by atoms with Crippen LogP contribution in [-0.4, -0.2) is 46.5 Å². The topological polar surface area (TPSA) is 128 Å². The zero-order valence-corrected chi connectivity index (χ0v) is 21.0. The van der Waals surface area contributed by atoms with Crippen LogP contribution in [0, 0.1) is 12.8 Å². The van der Waals surface area contributed by atoms with Crippen molar-refractivity contribution in [3.63, 3.8) is 0 Å². The Kier molecular flexibility index (Phi) is 6.83. The average Bonchev–Trinajstić information content (AvgIpc) is 3.40. The van der Waals surface area contributed by atoms with Gasteiger partial charge in [-0.05, 0) is 44.7 Å². The Morgan fingerprint density at radius 3 is 2.76 bits per heavy atom. The van der Waals surface area contributed by atoms with Crippen LogP contribution in [0.1, 0.15) is 63.7 Å². The number of aliphatic carboxylic acids is 1. The number of carbonyl (C=O) groups is 1. The summed E-state index contributed by atoms with van der Waals surface area (Å²) in [5.74, 6) is 0.398. The molecule has 0 saturated heterocycles. The van der Waals surface area contributed by atoms with E-state index < -0.39 is 5.97 Å². The summed E-state index contributed by atoms with van der Waals surface area (Å²) in [6.07, 6.45) is 2.84. The van der Waals surface area contributed by atoms with Crippen LogP contribution in [0.5, 0.6) is 5.75 Å². The minimum atomic E-state index is -0.745. The second-order valence-electron chi connectivity index (χ2n) is 9.76. The van der Waals surface area contributed by atoms with E-state index in [0.29, 0.717) is 36.5 Å². The van der Waals surface area contributed by atoms with Crippen LogP contribution < -0.4 is 10.1 Å². The third-order valence-electron chi connectivity index (χ3n) is 6.00. The van der Waals surface area contributed by atoms with Crippen molar-refractivity contribution in [2.75, 3.05) is 5.32 Å². The third-order valence-corrected chi connectivity index (χ3v) is 6.67. The molecule has 1 saturated carbocycles. The fraction of sp³-hybridized carbons (Fsp3) is 0.565. The maximum atomic E-state index is 11.3. The van der Waals surface area contributed by atoms with Crippen LogP contribution in [0.3, 0.4) is 0 Å². The first-order chi connectivity index (χ1) is 16.1. The van der Waals surface area contributed by atoms with E-state index in [4.69, 9.17) is 9.72 Å². The number of nitrogens with zero attached hydrogens (tertiary/aromatic N) is 6. The molecule has 0 aliphatic heterocycles. The third kappa shape index (κ3) is 5.35. The summed E-state index contributed by atoms with van der Waals surface area (Å²) in [7, 11) is 1.85. The summed E-state index contributed by atoms with van der Waals surface area (Å²) in [6.45, 7) is 8.63. The van der Waals surface area contributed by atoms with E-state index >= 15 is 0 Å². The van der Waals surface area contributed by atoms with Crippen LogP contribution in [-0.2, 0) is 23.8 Å². The molecule has 11 heteroatoms. The van der Waals surface area contributed by atoms with E-state index in [1.54, 1.807) is 4.68 Å². The standard InChI is InChI=1S/C23H31N7O3S/c1-13-18(33-15-8-6-7-14(11-15)20(31)32)10-9-16(25-13)19-17(30(5)29-27-19)12-24-22-26-21(28-34-22)23(2,3)4/h9-10,14-15H,6-8,11-12H2,1-5H3,(H,31,32)(H,24,26,28)/t14-,15?/m0/s1. The van der Waals surface area contributed by atoms with Gasteiger partial charge in [-0.1, -0.05) is 26.0 Å². The average molecular weight is 486 g/mol. The van der Waals surface area contributed by atoms with E-state index in [1.807, 2.05) is 26.1 Å². The number of hydrogen-bond acceptors (Lipinski definition) is 9. The molecule has 0 amide bonds. The van der Waals surface area contributed by atoms with E-state index in [0.717, 1.165) is 35.2 Å². The molecule has 1 aliphatic rings. The molecule has 34 heavy (non-hydrogen) atoms. The largest absolute Gasteiger partial charge is 0.489 e. The van der Waals surface area contributed by atoms with Crippen LogP contribution >= 0.6 is 11.5 Å². The molecule has 3 heterocycles. The van der Waals surface area contributed by atoms with Crippen molar-refractivity contribution < 1.29 is 14.6 Å². The predicted octanol–water partition coefficient (Wildman–Crippen LogP) is 3.97. The van der Waals surface area contributed by atoms with Gasteiger partial charge in [0.15, 0.2) is 0 Å². The molecule has 0 spiro atoms. The van der Waals surface area contributed by atoms with Gasteiger partial charge in [0.2, 0.25) is 5.13 Å². The number of aryl methyl sites for hydroxylation is 2. The fourth-order valence-electron chi connectivity index (χ4n) is 3.99. The molecule has 1 fully saturated rings. The molecule has 3 aromatic rings. The van der Waals surface area contributed by atoms with E-state index in [-0.39, 0.29) is 17.4 Å². The van der Waals surface area contributed by atoms with Crippen molar-refractivity contribution in [1.82, 2.24) is 29.3 Å². The van der Waals surface area contributed by atoms with Gasteiger partial charge < -0.3 is 15.2 Å². The van der Waals surface area contributed by atoms with Crippen molar-refractivity contribution in [3.8, 4) is 17.1 Å². The highest BCUT2D eigenvalue weighted by Crippen LogP contribution is 2.31. The maximum Gasteiger partial charge on any atom is 0.306 e.